The molecule has 0 amide bonds. The largest absolute Gasteiger partial charge is 0.478 e. The summed E-state index contributed by atoms with van der Waals surface area (Å²) < 4.78 is 31.3. The van der Waals surface area contributed by atoms with Crippen molar-refractivity contribution in [3.8, 4) is 11.3 Å². The summed E-state index contributed by atoms with van der Waals surface area (Å²) in [4.78, 5) is 24.5. The quantitative estimate of drug-likeness (QED) is 0.141. The molecule has 210 valence electrons. The zero-order valence-electron chi connectivity index (χ0n) is 21.3. The topological polar surface area (TPSA) is 171 Å². The van der Waals surface area contributed by atoms with E-state index in [1.807, 2.05) is 0 Å². The van der Waals surface area contributed by atoms with Gasteiger partial charge in [-0.15, -0.1) is 0 Å². The first-order valence-corrected chi connectivity index (χ1v) is 14.4. The number of carboxylic acids is 1. The van der Waals surface area contributed by atoms with E-state index in [0.29, 0.717) is 44.5 Å². The second-order valence-corrected chi connectivity index (χ2v) is 11.2. The lowest BCUT2D eigenvalue weighted by molar-refractivity contribution is 0.0697. The molecule has 0 aliphatic carbocycles. The maximum atomic E-state index is 11.7. The van der Waals surface area contributed by atoms with Crippen LogP contribution in [-0.4, -0.2) is 53.8 Å². The molecule has 0 atom stereocenters. The molecule has 0 spiro atoms. The molecule has 0 aliphatic rings. The summed E-state index contributed by atoms with van der Waals surface area (Å²) in [5.41, 5.74) is 1.26. The fraction of sp³-hybridized carbons (Fsp3) is 0.200. The first kappa shape index (κ1) is 29.1. The molecule has 5 N–H and O–H groups in total. The second-order valence-electron chi connectivity index (χ2n) is 8.53. The van der Waals surface area contributed by atoms with Gasteiger partial charge in [-0.2, -0.15) is 0 Å². The Kier molecular flexibility index (Phi) is 9.10. The average molecular weight is 606 g/mol. The van der Waals surface area contributed by atoms with E-state index in [1.165, 1.54) is 18.5 Å². The second kappa shape index (κ2) is 12.5. The molecule has 0 bridgehead atoms. The number of carboxylic acid groups (broad SMARTS) is 1. The Hall–Kier alpha value is -3.91. The van der Waals surface area contributed by atoms with Gasteiger partial charge in [0.05, 0.1) is 23.5 Å². The van der Waals surface area contributed by atoms with Crippen LogP contribution in [0.3, 0.4) is 0 Å². The van der Waals surface area contributed by atoms with Crippen molar-refractivity contribution in [2.75, 3.05) is 35.3 Å². The van der Waals surface area contributed by atoms with E-state index >= 15 is 0 Å². The van der Waals surface area contributed by atoms with Crippen molar-refractivity contribution in [2.45, 2.75) is 13.5 Å². The van der Waals surface area contributed by atoms with Crippen LogP contribution in [0.1, 0.15) is 21.9 Å². The number of halogens is 2. The SMILES string of the molecule is Cc1nc(NCCNS(C)(=O)=O)c(NCc2ccc(-c3cc(Cl)ccc3Cl)o2)c(Nc2ccncc2C(=O)O)n1. The van der Waals surface area contributed by atoms with Gasteiger partial charge in [0.2, 0.25) is 10.0 Å². The first-order valence-electron chi connectivity index (χ1n) is 11.8. The molecule has 0 unspecified atom stereocenters. The predicted octanol–water partition coefficient (Wildman–Crippen LogP) is 4.76. The van der Waals surface area contributed by atoms with Crippen molar-refractivity contribution >= 4 is 62.2 Å². The number of sulfonamides is 1. The van der Waals surface area contributed by atoms with E-state index in [2.05, 4.69) is 35.6 Å². The number of anilines is 4. The van der Waals surface area contributed by atoms with Crippen LogP contribution in [0, 0.1) is 6.92 Å². The Morgan fingerprint density at radius 1 is 1.05 bits per heavy atom. The Morgan fingerprint density at radius 2 is 1.82 bits per heavy atom. The Morgan fingerprint density at radius 3 is 2.58 bits per heavy atom. The zero-order valence-corrected chi connectivity index (χ0v) is 23.7. The minimum Gasteiger partial charge on any atom is -0.478 e. The highest BCUT2D eigenvalue weighted by Gasteiger charge is 2.18. The van der Waals surface area contributed by atoms with Gasteiger partial charge in [-0.05, 0) is 43.3 Å². The number of furan rings is 1. The van der Waals surface area contributed by atoms with Crippen LogP contribution in [0.5, 0.6) is 0 Å². The van der Waals surface area contributed by atoms with Crippen LogP contribution in [0.2, 0.25) is 10.0 Å². The summed E-state index contributed by atoms with van der Waals surface area (Å²) in [6.45, 7) is 2.19. The van der Waals surface area contributed by atoms with Gasteiger partial charge < -0.3 is 25.5 Å². The van der Waals surface area contributed by atoms with E-state index in [9.17, 15) is 18.3 Å². The lowest BCUT2D eigenvalue weighted by Gasteiger charge is -2.18. The van der Waals surface area contributed by atoms with Gasteiger partial charge in [-0.1, -0.05) is 23.2 Å². The molecule has 0 saturated heterocycles. The minimum absolute atomic E-state index is 0.0503. The van der Waals surface area contributed by atoms with Crippen molar-refractivity contribution < 1.29 is 22.7 Å². The number of pyridine rings is 1. The molecule has 12 nitrogen and oxygen atoms in total. The highest BCUT2D eigenvalue weighted by molar-refractivity contribution is 7.88. The monoisotopic (exact) mass is 605 g/mol. The molecule has 3 aromatic heterocycles. The fourth-order valence-corrected chi connectivity index (χ4v) is 4.51. The number of nitrogens with one attached hydrogen (secondary N) is 4. The molecular formula is C25H25Cl2N7O5S. The molecule has 0 fully saturated rings. The van der Waals surface area contributed by atoms with Gasteiger partial charge in [-0.3, -0.25) is 4.98 Å². The van der Waals surface area contributed by atoms with E-state index in [-0.39, 0.29) is 36.7 Å². The highest BCUT2D eigenvalue weighted by atomic mass is 35.5. The Labute approximate surface area is 240 Å². The number of hydrogen-bond acceptors (Lipinski definition) is 10. The van der Waals surface area contributed by atoms with Crippen LogP contribution < -0.4 is 20.7 Å². The summed E-state index contributed by atoms with van der Waals surface area (Å²) in [5, 5.41) is 20.0. The maximum absolute atomic E-state index is 11.7. The van der Waals surface area contributed by atoms with E-state index in [4.69, 9.17) is 27.6 Å². The minimum atomic E-state index is -3.37. The Bertz CT molecular complexity index is 1650. The average Bonchev–Trinajstić information content (AvgIpc) is 3.36. The number of aromatic nitrogens is 3. The third kappa shape index (κ3) is 7.60. The smallest absolute Gasteiger partial charge is 0.339 e. The van der Waals surface area contributed by atoms with Gasteiger partial charge in [0, 0.05) is 36.1 Å². The van der Waals surface area contributed by atoms with Crippen molar-refractivity contribution in [3.05, 3.63) is 76.0 Å². The van der Waals surface area contributed by atoms with E-state index < -0.39 is 16.0 Å². The molecule has 0 saturated carbocycles. The maximum Gasteiger partial charge on any atom is 0.339 e. The number of benzene rings is 1. The van der Waals surface area contributed by atoms with Crippen LogP contribution in [0.25, 0.3) is 11.3 Å². The lowest BCUT2D eigenvalue weighted by Crippen LogP contribution is -2.28. The van der Waals surface area contributed by atoms with Gasteiger partial charge in [0.25, 0.3) is 0 Å². The van der Waals surface area contributed by atoms with E-state index in [1.54, 1.807) is 37.3 Å². The number of nitrogens with zero attached hydrogens (tertiary/aromatic N) is 3. The van der Waals surface area contributed by atoms with Gasteiger partial charge >= 0.3 is 5.97 Å². The molecule has 0 radical (unpaired) electrons. The molecular weight excluding hydrogens is 581 g/mol. The van der Waals surface area contributed by atoms with Crippen LogP contribution in [-0.2, 0) is 16.6 Å². The van der Waals surface area contributed by atoms with Crippen LogP contribution in [0.4, 0.5) is 23.0 Å². The van der Waals surface area contributed by atoms with E-state index in [0.717, 1.165) is 6.26 Å². The third-order valence-corrected chi connectivity index (χ3v) is 6.70. The number of rotatable bonds is 12. The van der Waals surface area contributed by atoms with Crippen molar-refractivity contribution in [2.24, 2.45) is 0 Å². The highest BCUT2D eigenvalue weighted by Crippen LogP contribution is 2.34. The van der Waals surface area contributed by atoms with Crippen LogP contribution >= 0.6 is 23.2 Å². The predicted molar refractivity (Wildman–Crippen MR) is 154 cm³/mol. The molecule has 4 rings (SSSR count). The number of carbonyl (C=O) groups is 1. The molecule has 15 heteroatoms. The zero-order chi connectivity index (χ0) is 28.9. The molecule has 0 aliphatic heterocycles. The summed E-state index contributed by atoms with van der Waals surface area (Å²) in [6, 6.07) is 10.1. The molecule has 3 heterocycles. The molecule has 1 aromatic carbocycles. The van der Waals surface area contributed by atoms with Gasteiger partial charge in [0.1, 0.15) is 28.6 Å². The number of hydrogen-bond donors (Lipinski definition) is 5. The lowest BCUT2D eigenvalue weighted by atomic mass is 10.2. The number of aryl methyl sites for hydroxylation is 1. The molecule has 4 aromatic rings. The third-order valence-electron chi connectivity index (χ3n) is 5.40. The summed E-state index contributed by atoms with van der Waals surface area (Å²) >= 11 is 12.4. The summed E-state index contributed by atoms with van der Waals surface area (Å²) in [6.07, 6.45) is 3.75. The number of aromatic carboxylic acids is 1. The fourth-order valence-electron chi connectivity index (χ4n) is 3.66. The van der Waals surface area contributed by atoms with Gasteiger partial charge in [0.15, 0.2) is 11.6 Å². The van der Waals surface area contributed by atoms with Crippen molar-refractivity contribution in [1.82, 2.24) is 19.7 Å². The van der Waals surface area contributed by atoms with Crippen molar-refractivity contribution in [3.63, 3.8) is 0 Å². The van der Waals surface area contributed by atoms with Crippen molar-refractivity contribution in [1.29, 1.82) is 0 Å². The van der Waals surface area contributed by atoms with Crippen LogP contribution in [0.15, 0.2) is 53.2 Å². The molecule has 40 heavy (non-hydrogen) atoms. The Balaban J connectivity index is 1.64. The normalized spacial score (nSPS) is 11.3. The van der Waals surface area contributed by atoms with Gasteiger partial charge in [-0.25, -0.2) is 27.9 Å². The standard InChI is InChI=1S/C25H25Cl2N7O5S/c1-14-32-23(29-9-10-31-40(2,37)38)22(24(33-14)34-20-7-8-28-13-18(20)25(35)36)30-12-16-4-6-21(39-16)17-11-15(26)3-5-19(17)27/h3-8,11,13,30-31H,9-10,12H2,1-2H3,(H,35,36)(H2,28,29,32,33,34). The summed E-state index contributed by atoms with van der Waals surface area (Å²) in [5.74, 6) is 0.941. The first-order chi connectivity index (χ1) is 19.0. The summed E-state index contributed by atoms with van der Waals surface area (Å²) in [7, 11) is -3.37.